The number of rotatable bonds is 26. The van der Waals surface area contributed by atoms with Crippen molar-refractivity contribution in [2.75, 3.05) is 27.2 Å². The molecule has 6 heteroatoms. The molecule has 0 heterocycles. The Labute approximate surface area is 272 Å². The van der Waals surface area contributed by atoms with E-state index in [0.29, 0.717) is 0 Å². The SMILES string of the molecule is CCCCCCCCCCCC[N+](C)(C)CCCCCCCCCCCC.O=P([O-])(Oc1ccccc1)Oc1ccccc1. The number of nitrogens with zero attached hydrogens (tertiary/aromatic N) is 1. The van der Waals surface area contributed by atoms with Gasteiger partial charge in [0.25, 0.3) is 0 Å². The van der Waals surface area contributed by atoms with Crippen LogP contribution in [-0.2, 0) is 4.57 Å². The van der Waals surface area contributed by atoms with Crippen molar-refractivity contribution >= 4 is 7.82 Å². The van der Waals surface area contributed by atoms with E-state index in [1.807, 2.05) is 0 Å². The molecule has 0 aliphatic heterocycles. The summed E-state index contributed by atoms with van der Waals surface area (Å²) in [4.78, 5) is 11.6. The van der Waals surface area contributed by atoms with Crippen molar-refractivity contribution in [1.29, 1.82) is 0 Å². The Morgan fingerprint density at radius 1 is 0.500 bits per heavy atom. The number of para-hydroxylation sites is 2. The monoisotopic (exact) mass is 631 g/mol. The molecule has 0 aliphatic carbocycles. The van der Waals surface area contributed by atoms with Gasteiger partial charge >= 0.3 is 7.82 Å². The molecule has 2 aromatic rings. The van der Waals surface area contributed by atoms with Crippen LogP contribution in [0, 0.1) is 0 Å². The number of unbranched alkanes of at least 4 members (excludes halogenated alkanes) is 18. The number of benzene rings is 2. The van der Waals surface area contributed by atoms with Crippen LogP contribution < -0.4 is 13.9 Å². The van der Waals surface area contributed by atoms with Crippen LogP contribution >= 0.6 is 7.82 Å². The predicted octanol–water partition coefficient (Wildman–Crippen LogP) is 11.5. The lowest BCUT2D eigenvalue weighted by Crippen LogP contribution is -2.41. The fourth-order valence-corrected chi connectivity index (χ4v) is 6.20. The summed E-state index contributed by atoms with van der Waals surface area (Å²) in [6.07, 6.45) is 29.0. The lowest BCUT2D eigenvalue weighted by molar-refractivity contribution is -0.890. The van der Waals surface area contributed by atoms with Crippen molar-refractivity contribution in [3.63, 3.8) is 0 Å². The zero-order valence-electron chi connectivity index (χ0n) is 28.9. The molecule has 0 fully saturated rings. The average Bonchev–Trinajstić information content (AvgIpc) is 3.00. The van der Waals surface area contributed by atoms with Gasteiger partial charge in [0, 0.05) is 0 Å². The minimum Gasteiger partial charge on any atom is -0.736 e. The normalized spacial score (nSPS) is 11.6. The zero-order valence-corrected chi connectivity index (χ0v) is 29.8. The van der Waals surface area contributed by atoms with Gasteiger partial charge in [0.1, 0.15) is 11.5 Å². The van der Waals surface area contributed by atoms with E-state index in [4.69, 9.17) is 9.05 Å². The number of phosphoric ester groups is 1. The number of quaternary nitrogens is 1. The Balaban J connectivity index is 0.000000483. The highest BCUT2D eigenvalue weighted by atomic mass is 31.2. The van der Waals surface area contributed by atoms with Crippen LogP contribution in [-0.4, -0.2) is 31.7 Å². The van der Waals surface area contributed by atoms with E-state index in [1.165, 1.54) is 146 Å². The molecule has 0 aromatic heterocycles. The van der Waals surface area contributed by atoms with Crippen molar-refractivity contribution in [2.45, 2.75) is 142 Å². The van der Waals surface area contributed by atoms with Gasteiger partial charge < -0.3 is 18.4 Å². The van der Waals surface area contributed by atoms with Crippen molar-refractivity contribution < 1.29 is 23.0 Å². The highest BCUT2D eigenvalue weighted by molar-refractivity contribution is 7.46. The molecule has 0 saturated heterocycles. The van der Waals surface area contributed by atoms with E-state index in [2.05, 4.69) is 27.9 Å². The van der Waals surface area contributed by atoms with Crippen LogP contribution in [0.2, 0.25) is 0 Å². The lowest BCUT2D eigenvalue weighted by atomic mass is 10.1. The van der Waals surface area contributed by atoms with E-state index in [1.54, 1.807) is 60.7 Å². The van der Waals surface area contributed by atoms with Crippen LogP contribution in [0.15, 0.2) is 60.7 Å². The summed E-state index contributed by atoms with van der Waals surface area (Å²) >= 11 is 0. The van der Waals surface area contributed by atoms with Crippen LogP contribution in [0.25, 0.3) is 0 Å². The summed E-state index contributed by atoms with van der Waals surface area (Å²) in [5, 5.41) is 0. The maximum absolute atomic E-state index is 11.6. The maximum atomic E-state index is 11.6. The first-order chi connectivity index (χ1) is 21.3. The topological polar surface area (TPSA) is 58.6 Å². The lowest BCUT2D eigenvalue weighted by Gasteiger charge is -2.30. The molecule has 0 radical (unpaired) electrons. The van der Waals surface area contributed by atoms with Crippen LogP contribution in [0.1, 0.15) is 142 Å². The van der Waals surface area contributed by atoms with Gasteiger partial charge in [-0.25, -0.2) is 4.57 Å². The van der Waals surface area contributed by atoms with Crippen LogP contribution in [0.3, 0.4) is 0 Å². The number of phosphoric acid groups is 1. The number of hydrogen-bond donors (Lipinski definition) is 0. The van der Waals surface area contributed by atoms with Crippen molar-refractivity contribution in [3.8, 4) is 11.5 Å². The maximum Gasteiger partial charge on any atom is 0.372 e. The molecular formula is C38H66NO4P. The Hall–Kier alpha value is -1.81. The van der Waals surface area contributed by atoms with E-state index < -0.39 is 7.82 Å². The quantitative estimate of drug-likeness (QED) is 0.0589. The molecule has 5 nitrogen and oxygen atoms in total. The molecule has 2 aromatic carbocycles. The standard InChI is InChI=1S/C26H56N.C12H11O4P/c1-5-7-9-11-13-15-17-19-21-23-25-27(3,4)26-24-22-20-18-16-14-12-10-8-6-2;13-17(14,15-11-7-3-1-4-8-11)16-12-9-5-2-6-10-12/h5-26H2,1-4H3;1-10H,(H,13,14)/q+1;/p-1. The summed E-state index contributed by atoms with van der Waals surface area (Å²) in [5.74, 6) is 0.448. The van der Waals surface area contributed by atoms with Gasteiger partial charge in [0.15, 0.2) is 0 Å². The zero-order chi connectivity index (χ0) is 32.2. The molecule has 44 heavy (non-hydrogen) atoms. The molecule has 0 saturated carbocycles. The molecule has 0 spiro atoms. The Morgan fingerprint density at radius 2 is 0.773 bits per heavy atom. The predicted molar refractivity (Wildman–Crippen MR) is 187 cm³/mol. The van der Waals surface area contributed by atoms with Gasteiger partial charge in [-0.2, -0.15) is 0 Å². The molecule has 0 amide bonds. The van der Waals surface area contributed by atoms with Gasteiger partial charge in [-0.1, -0.05) is 153 Å². The van der Waals surface area contributed by atoms with Gasteiger partial charge in [0.2, 0.25) is 0 Å². The molecule has 0 bridgehead atoms. The molecule has 0 aliphatic rings. The first-order valence-electron chi connectivity index (χ1n) is 17.9. The van der Waals surface area contributed by atoms with Crippen LogP contribution in [0.5, 0.6) is 11.5 Å². The van der Waals surface area contributed by atoms with E-state index in [9.17, 15) is 9.46 Å². The Kier molecular flexibility index (Phi) is 24.1. The highest BCUT2D eigenvalue weighted by Gasteiger charge is 2.14. The summed E-state index contributed by atoms with van der Waals surface area (Å²) in [6.45, 7) is 7.37. The molecule has 0 unspecified atom stereocenters. The first-order valence-corrected chi connectivity index (χ1v) is 19.4. The summed E-state index contributed by atoms with van der Waals surface area (Å²) in [5.41, 5.74) is 0. The smallest absolute Gasteiger partial charge is 0.372 e. The second-order valence-electron chi connectivity index (χ2n) is 13.0. The molecular weight excluding hydrogens is 565 g/mol. The molecule has 2 rings (SSSR count). The first kappa shape index (κ1) is 40.2. The fourth-order valence-electron chi connectivity index (χ4n) is 5.41. The van der Waals surface area contributed by atoms with Crippen LogP contribution in [0.4, 0.5) is 0 Å². The second kappa shape index (κ2) is 26.4. The van der Waals surface area contributed by atoms with Gasteiger partial charge in [-0.05, 0) is 49.9 Å². The summed E-state index contributed by atoms with van der Waals surface area (Å²) in [6, 6.07) is 16.4. The third kappa shape index (κ3) is 24.5. The molecule has 0 atom stereocenters. The highest BCUT2D eigenvalue weighted by Crippen LogP contribution is 2.40. The van der Waals surface area contributed by atoms with E-state index >= 15 is 0 Å². The second-order valence-corrected chi connectivity index (χ2v) is 14.3. The van der Waals surface area contributed by atoms with E-state index in [-0.39, 0.29) is 11.5 Å². The van der Waals surface area contributed by atoms with Crippen molar-refractivity contribution in [3.05, 3.63) is 60.7 Å². The minimum absolute atomic E-state index is 0.224. The minimum atomic E-state index is -4.39. The average molecular weight is 632 g/mol. The molecule has 0 N–H and O–H groups in total. The number of hydrogen-bond acceptors (Lipinski definition) is 4. The van der Waals surface area contributed by atoms with Crippen molar-refractivity contribution in [2.24, 2.45) is 0 Å². The Morgan fingerprint density at radius 3 is 1.07 bits per heavy atom. The molecule has 252 valence electrons. The fraction of sp³-hybridized carbons (Fsp3) is 0.684. The Bertz CT molecular complexity index is 867. The van der Waals surface area contributed by atoms with Crippen molar-refractivity contribution in [1.82, 2.24) is 0 Å². The third-order valence-corrected chi connectivity index (χ3v) is 9.02. The van der Waals surface area contributed by atoms with Gasteiger partial charge in [-0.15, -0.1) is 0 Å². The third-order valence-electron chi connectivity index (χ3n) is 8.15. The summed E-state index contributed by atoms with van der Waals surface area (Å²) < 4.78 is 22.4. The van der Waals surface area contributed by atoms with E-state index in [0.717, 1.165) is 0 Å². The largest absolute Gasteiger partial charge is 0.736 e. The van der Waals surface area contributed by atoms with Gasteiger partial charge in [-0.3, -0.25) is 0 Å². The summed E-state index contributed by atoms with van der Waals surface area (Å²) in [7, 11) is 0.505. The van der Waals surface area contributed by atoms with Gasteiger partial charge in [0.05, 0.1) is 27.2 Å².